The molecule has 1 aromatic rings. The molecule has 1 N–H and O–H groups in total. The second-order valence-corrected chi connectivity index (χ2v) is 6.33. The molecule has 1 aliphatic heterocycles. The van der Waals surface area contributed by atoms with E-state index in [4.69, 9.17) is 4.74 Å². The summed E-state index contributed by atoms with van der Waals surface area (Å²) in [6.07, 6.45) is 9.05. The molecule has 122 valence electrons. The number of nitrogens with one attached hydrogen (secondary N) is 1. The topological polar surface area (TPSA) is 59.4 Å². The molecule has 3 atom stereocenters. The highest BCUT2D eigenvalue weighted by molar-refractivity contribution is 5.76. The minimum absolute atomic E-state index is 0.134. The highest BCUT2D eigenvalue weighted by Gasteiger charge is 2.36. The van der Waals surface area contributed by atoms with Gasteiger partial charge in [-0.3, -0.25) is 14.4 Å². The first kappa shape index (κ1) is 15.5. The van der Waals surface area contributed by atoms with E-state index in [-0.39, 0.29) is 5.91 Å². The van der Waals surface area contributed by atoms with Gasteiger partial charge in [-0.2, -0.15) is 5.10 Å². The summed E-state index contributed by atoms with van der Waals surface area (Å²) in [6, 6.07) is 2.65. The molecule has 1 aliphatic carbocycles. The molecule has 2 aliphatic rings. The molecule has 22 heavy (non-hydrogen) atoms. The lowest BCUT2D eigenvalue weighted by molar-refractivity contribution is -0.122. The van der Waals surface area contributed by atoms with Crippen LogP contribution in [0.3, 0.4) is 0 Å². The summed E-state index contributed by atoms with van der Waals surface area (Å²) >= 11 is 0. The standard InChI is InChI=1S/C16H26N4O2/c1-22-13-6-10-19(12-13)15-5-2-4-14(15)18-16(21)7-11-20-9-3-8-17-20/h3,8-9,13-15H,2,4-7,10-12H2,1H3,(H,18,21)/t13?,14-,15+/m1/s1. The summed E-state index contributed by atoms with van der Waals surface area (Å²) in [7, 11) is 1.79. The summed E-state index contributed by atoms with van der Waals surface area (Å²) in [5.41, 5.74) is 0. The van der Waals surface area contributed by atoms with Crippen molar-refractivity contribution in [2.45, 2.75) is 56.8 Å². The van der Waals surface area contributed by atoms with Crippen molar-refractivity contribution in [1.82, 2.24) is 20.0 Å². The molecule has 1 amide bonds. The van der Waals surface area contributed by atoms with Gasteiger partial charge < -0.3 is 10.1 Å². The van der Waals surface area contributed by atoms with E-state index in [1.54, 1.807) is 18.0 Å². The van der Waals surface area contributed by atoms with Crippen molar-refractivity contribution in [2.24, 2.45) is 0 Å². The third-order valence-electron chi connectivity index (χ3n) is 4.93. The Bertz CT molecular complexity index is 477. The molecule has 0 aromatic carbocycles. The molecule has 1 aromatic heterocycles. The van der Waals surface area contributed by atoms with E-state index in [0.29, 0.717) is 31.2 Å². The molecule has 0 spiro atoms. The Morgan fingerprint density at radius 3 is 3.05 bits per heavy atom. The SMILES string of the molecule is COC1CCN([C@H]2CCC[C@H]2NC(=O)CCn2cccn2)C1. The van der Waals surface area contributed by atoms with E-state index in [9.17, 15) is 4.79 Å². The molecule has 6 nitrogen and oxygen atoms in total. The Balaban J connectivity index is 1.47. The van der Waals surface area contributed by atoms with Crippen molar-refractivity contribution in [3.63, 3.8) is 0 Å². The number of aromatic nitrogens is 2. The van der Waals surface area contributed by atoms with Gasteiger partial charge in [-0.1, -0.05) is 0 Å². The number of rotatable bonds is 6. The van der Waals surface area contributed by atoms with Gasteiger partial charge in [0.05, 0.1) is 6.10 Å². The van der Waals surface area contributed by atoms with Gasteiger partial charge in [0, 0.05) is 57.6 Å². The van der Waals surface area contributed by atoms with Gasteiger partial charge in [-0.25, -0.2) is 0 Å². The highest BCUT2D eigenvalue weighted by atomic mass is 16.5. The number of ether oxygens (including phenoxy) is 1. The first-order valence-corrected chi connectivity index (χ1v) is 8.30. The van der Waals surface area contributed by atoms with Crippen LogP contribution in [0.4, 0.5) is 0 Å². The maximum Gasteiger partial charge on any atom is 0.222 e. The van der Waals surface area contributed by atoms with Crippen LogP contribution in [0.1, 0.15) is 32.1 Å². The summed E-state index contributed by atoms with van der Waals surface area (Å²) in [6.45, 7) is 2.73. The average Bonchev–Trinajstić information content (AvgIpc) is 3.26. The molecule has 1 saturated heterocycles. The highest BCUT2D eigenvalue weighted by Crippen LogP contribution is 2.28. The van der Waals surface area contributed by atoms with E-state index < -0.39 is 0 Å². The van der Waals surface area contributed by atoms with Crippen molar-refractivity contribution >= 4 is 5.91 Å². The number of hydrogen-bond acceptors (Lipinski definition) is 4. The Morgan fingerprint density at radius 1 is 1.41 bits per heavy atom. The number of aryl methyl sites for hydroxylation is 1. The molecule has 2 fully saturated rings. The van der Waals surface area contributed by atoms with E-state index >= 15 is 0 Å². The Hall–Kier alpha value is -1.40. The van der Waals surface area contributed by atoms with Crippen LogP contribution in [0, 0.1) is 0 Å². The number of methoxy groups -OCH3 is 1. The smallest absolute Gasteiger partial charge is 0.222 e. The van der Waals surface area contributed by atoms with Crippen LogP contribution in [0.5, 0.6) is 0 Å². The van der Waals surface area contributed by atoms with Gasteiger partial charge in [0.15, 0.2) is 0 Å². The molecule has 3 rings (SSSR count). The third-order valence-corrected chi connectivity index (χ3v) is 4.93. The van der Waals surface area contributed by atoms with Gasteiger partial charge in [-0.05, 0) is 31.7 Å². The normalized spacial score (nSPS) is 29.0. The van der Waals surface area contributed by atoms with Crippen LogP contribution < -0.4 is 5.32 Å². The molecule has 0 bridgehead atoms. The lowest BCUT2D eigenvalue weighted by Crippen LogP contribution is -2.48. The van der Waals surface area contributed by atoms with Crippen LogP contribution >= 0.6 is 0 Å². The monoisotopic (exact) mass is 306 g/mol. The Kier molecular flexibility index (Phi) is 5.10. The maximum absolute atomic E-state index is 12.2. The van der Waals surface area contributed by atoms with Crippen LogP contribution in [-0.2, 0) is 16.1 Å². The predicted octanol–water partition coefficient (Wildman–Crippen LogP) is 1.03. The van der Waals surface area contributed by atoms with Gasteiger partial charge in [0.1, 0.15) is 0 Å². The van der Waals surface area contributed by atoms with Gasteiger partial charge in [0.25, 0.3) is 0 Å². The number of nitrogens with zero attached hydrogens (tertiary/aromatic N) is 3. The van der Waals surface area contributed by atoms with E-state index in [1.165, 1.54) is 12.8 Å². The van der Waals surface area contributed by atoms with Crippen molar-refractivity contribution in [2.75, 3.05) is 20.2 Å². The van der Waals surface area contributed by atoms with Crippen LogP contribution in [-0.4, -0.2) is 59.0 Å². The molecule has 1 unspecified atom stereocenters. The van der Waals surface area contributed by atoms with Crippen LogP contribution in [0.15, 0.2) is 18.5 Å². The Morgan fingerprint density at radius 2 is 2.32 bits per heavy atom. The zero-order valence-electron chi connectivity index (χ0n) is 13.3. The fraction of sp³-hybridized carbons (Fsp3) is 0.750. The quantitative estimate of drug-likeness (QED) is 0.853. The average molecular weight is 306 g/mol. The summed E-state index contributed by atoms with van der Waals surface area (Å²) in [5, 5.41) is 7.37. The molecular formula is C16H26N4O2. The zero-order chi connectivity index (χ0) is 15.4. The first-order valence-electron chi connectivity index (χ1n) is 8.30. The van der Waals surface area contributed by atoms with E-state index in [1.807, 2.05) is 12.3 Å². The molecule has 6 heteroatoms. The summed E-state index contributed by atoms with van der Waals surface area (Å²) in [5.74, 6) is 0.134. The molecule has 2 heterocycles. The van der Waals surface area contributed by atoms with Crippen molar-refractivity contribution < 1.29 is 9.53 Å². The van der Waals surface area contributed by atoms with Crippen molar-refractivity contribution in [1.29, 1.82) is 0 Å². The lowest BCUT2D eigenvalue weighted by Gasteiger charge is -2.30. The van der Waals surface area contributed by atoms with E-state index in [2.05, 4.69) is 15.3 Å². The maximum atomic E-state index is 12.2. The number of hydrogen-bond donors (Lipinski definition) is 1. The number of carbonyl (C=O) groups excluding carboxylic acids is 1. The minimum atomic E-state index is 0.134. The van der Waals surface area contributed by atoms with Crippen LogP contribution in [0.25, 0.3) is 0 Å². The van der Waals surface area contributed by atoms with Crippen molar-refractivity contribution in [3.8, 4) is 0 Å². The van der Waals surface area contributed by atoms with Crippen molar-refractivity contribution in [3.05, 3.63) is 18.5 Å². The van der Waals surface area contributed by atoms with E-state index in [0.717, 1.165) is 25.9 Å². The number of carbonyl (C=O) groups is 1. The van der Waals surface area contributed by atoms with Gasteiger partial charge in [0.2, 0.25) is 5.91 Å². The summed E-state index contributed by atoms with van der Waals surface area (Å²) < 4.78 is 7.26. The second-order valence-electron chi connectivity index (χ2n) is 6.33. The largest absolute Gasteiger partial charge is 0.380 e. The lowest BCUT2D eigenvalue weighted by atomic mass is 10.1. The fourth-order valence-corrected chi connectivity index (χ4v) is 3.72. The molecular weight excluding hydrogens is 280 g/mol. The number of likely N-dealkylation sites (tertiary alicyclic amines) is 1. The van der Waals surface area contributed by atoms with Crippen LogP contribution in [0.2, 0.25) is 0 Å². The molecule has 1 saturated carbocycles. The second kappa shape index (κ2) is 7.24. The third kappa shape index (κ3) is 3.67. The van der Waals surface area contributed by atoms with Gasteiger partial charge >= 0.3 is 0 Å². The molecule has 0 radical (unpaired) electrons. The Labute approximate surface area is 131 Å². The predicted molar refractivity (Wildman–Crippen MR) is 83.4 cm³/mol. The van der Waals surface area contributed by atoms with Gasteiger partial charge in [-0.15, -0.1) is 0 Å². The number of amides is 1. The zero-order valence-corrected chi connectivity index (χ0v) is 13.3. The fourth-order valence-electron chi connectivity index (χ4n) is 3.72. The summed E-state index contributed by atoms with van der Waals surface area (Å²) in [4.78, 5) is 14.7. The minimum Gasteiger partial charge on any atom is -0.380 e. The first-order chi connectivity index (χ1) is 10.8.